The van der Waals surface area contributed by atoms with E-state index in [-0.39, 0.29) is 0 Å². The molecule has 0 aromatic carbocycles. The third kappa shape index (κ3) is 6.47. The number of rotatable bonds is 0. The van der Waals surface area contributed by atoms with Gasteiger partial charge < -0.3 is 0 Å². The van der Waals surface area contributed by atoms with Gasteiger partial charge in [-0.2, -0.15) is 0 Å². The molecule has 0 N–H and O–H groups in total. The van der Waals surface area contributed by atoms with E-state index in [1.54, 1.807) is 0 Å². The minimum absolute atomic E-state index is 1.08. The van der Waals surface area contributed by atoms with Crippen LogP contribution >= 0.6 is 0 Å². The van der Waals surface area contributed by atoms with Crippen LogP contribution in [0.5, 0.6) is 0 Å². The van der Waals surface area contributed by atoms with Gasteiger partial charge in [0, 0.05) is 0 Å². The Labute approximate surface area is 87.7 Å². The quantitative estimate of drug-likeness (QED) is 0.489. The van der Waals surface area contributed by atoms with Crippen molar-refractivity contribution in [3.05, 3.63) is 48.6 Å². The maximum absolute atomic E-state index is 2.29. The fourth-order valence-corrected chi connectivity index (χ4v) is 1.40. The van der Waals surface area contributed by atoms with Crippen LogP contribution in [0, 0.1) is 0 Å². The van der Waals surface area contributed by atoms with Crippen molar-refractivity contribution in [2.75, 3.05) is 0 Å². The molecule has 1 aliphatic carbocycles. The zero-order chi connectivity index (χ0) is 9.90. The number of hydrogen-bond acceptors (Lipinski definition) is 0. The molecule has 0 saturated carbocycles. The van der Waals surface area contributed by atoms with Crippen LogP contribution in [0.25, 0.3) is 0 Å². The Morgan fingerprint density at radius 1 is 0.357 bits per heavy atom. The first-order valence-electron chi connectivity index (χ1n) is 5.60. The summed E-state index contributed by atoms with van der Waals surface area (Å²) in [6.45, 7) is 0. The highest BCUT2D eigenvalue weighted by molar-refractivity contribution is 4.99. The minimum Gasteiger partial charge on any atom is -0.0882 e. The van der Waals surface area contributed by atoms with Gasteiger partial charge in [0.15, 0.2) is 0 Å². The molecule has 0 aliphatic heterocycles. The summed E-state index contributed by atoms with van der Waals surface area (Å²) in [4.78, 5) is 0. The second kappa shape index (κ2) is 8.55. The average Bonchev–Trinajstić information content (AvgIpc) is 2.22. The van der Waals surface area contributed by atoms with E-state index in [9.17, 15) is 0 Å². The van der Waals surface area contributed by atoms with E-state index in [1.165, 1.54) is 25.7 Å². The maximum atomic E-state index is 2.29. The summed E-state index contributed by atoms with van der Waals surface area (Å²) in [7, 11) is 0. The van der Waals surface area contributed by atoms with E-state index >= 15 is 0 Å². The van der Waals surface area contributed by atoms with Gasteiger partial charge in [-0.3, -0.25) is 0 Å². The van der Waals surface area contributed by atoms with Crippen LogP contribution in [0.4, 0.5) is 0 Å². The average molecular weight is 188 g/mol. The van der Waals surface area contributed by atoms with Crippen molar-refractivity contribution >= 4 is 0 Å². The van der Waals surface area contributed by atoms with Crippen molar-refractivity contribution < 1.29 is 0 Å². The monoisotopic (exact) mass is 188 g/mol. The Balaban J connectivity index is 2.34. The van der Waals surface area contributed by atoms with Gasteiger partial charge >= 0.3 is 0 Å². The van der Waals surface area contributed by atoms with Gasteiger partial charge in [-0.1, -0.05) is 48.6 Å². The molecule has 0 unspecified atom stereocenters. The van der Waals surface area contributed by atoms with Crippen LogP contribution in [-0.2, 0) is 0 Å². The Morgan fingerprint density at radius 3 is 1.07 bits per heavy atom. The first kappa shape index (κ1) is 11.0. The second-order valence-electron chi connectivity index (χ2n) is 3.51. The highest BCUT2D eigenvalue weighted by atomic mass is 13.9. The zero-order valence-corrected chi connectivity index (χ0v) is 8.86. The van der Waals surface area contributed by atoms with E-state index in [0.29, 0.717) is 0 Å². The molecule has 0 amide bonds. The SMILES string of the molecule is C1=CCC/C=C/C/C=C/C/C=C/CC1. The third-order valence-electron chi connectivity index (χ3n) is 2.21. The largest absolute Gasteiger partial charge is 0.0882 e. The summed E-state index contributed by atoms with van der Waals surface area (Å²) in [5.41, 5.74) is 0. The summed E-state index contributed by atoms with van der Waals surface area (Å²) < 4.78 is 0. The van der Waals surface area contributed by atoms with Gasteiger partial charge in [-0.05, 0) is 38.5 Å². The lowest BCUT2D eigenvalue weighted by Gasteiger charge is -1.90. The lowest BCUT2D eigenvalue weighted by molar-refractivity contribution is 0.997. The molecule has 0 aromatic rings. The first-order chi connectivity index (χ1) is 7.00. The molecular formula is C14H20. The van der Waals surface area contributed by atoms with Crippen LogP contribution < -0.4 is 0 Å². The van der Waals surface area contributed by atoms with Crippen LogP contribution in [0.1, 0.15) is 38.5 Å². The molecule has 1 aliphatic rings. The van der Waals surface area contributed by atoms with Gasteiger partial charge in [-0.25, -0.2) is 0 Å². The van der Waals surface area contributed by atoms with Crippen molar-refractivity contribution in [1.29, 1.82) is 0 Å². The second-order valence-corrected chi connectivity index (χ2v) is 3.51. The predicted octanol–water partition coefficient (Wildman–Crippen LogP) is 4.57. The van der Waals surface area contributed by atoms with Gasteiger partial charge in [0.05, 0.1) is 0 Å². The Hall–Kier alpha value is -1.04. The summed E-state index contributed by atoms with van der Waals surface area (Å²) in [6, 6.07) is 0. The molecule has 0 heterocycles. The molecular weight excluding hydrogens is 168 g/mol. The lowest BCUT2D eigenvalue weighted by atomic mass is 10.2. The van der Waals surface area contributed by atoms with Crippen LogP contribution in [0.15, 0.2) is 48.6 Å². The van der Waals surface area contributed by atoms with E-state index in [0.717, 1.165) is 12.8 Å². The van der Waals surface area contributed by atoms with E-state index in [1.807, 2.05) is 0 Å². The van der Waals surface area contributed by atoms with Crippen molar-refractivity contribution in [2.24, 2.45) is 0 Å². The minimum atomic E-state index is 1.08. The Morgan fingerprint density at radius 2 is 0.643 bits per heavy atom. The summed E-state index contributed by atoms with van der Waals surface area (Å²) in [6.07, 6.45) is 25.0. The molecule has 0 heteroatoms. The van der Waals surface area contributed by atoms with E-state index in [2.05, 4.69) is 48.6 Å². The molecule has 0 aromatic heterocycles. The topological polar surface area (TPSA) is 0 Å². The normalized spacial score (nSPS) is 26.3. The smallest absolute Gasteiger partial charge is 0.0169 e. The molecule has 0 nitrogen and oxygen atoms in total. The highest BCUT2D eigenvalue weighted by Gasteiger charge is 1.80. The van der Waals surface area contributed by atoms with Crippen LogP contribution in [-0.4, -0.2) is 0 Å². The third-order valence-corrected chi connectivity index (χ3v) is 2.21. The van der Waals surface area contributed by atoms with Crippen molar-refractivity contribution in [1.82, 2.24) is 0 Å². The van der Waals surface area contributed by atoms with Crippen molar-refractivity contribution in [2.45, 2.75) is 38.5 Å². The van der Waals surface area contributed by atoms with Gasteiger partial charge in [0.1, 0.15) is 0 Å². The van der Waals surface area contributed by atoms with Crippen molar-refractivity contribution in [3.8, 4) is 0 Å². The maximum Gasteiger partial charge on any atom is -0.0169 e. The molecule has 76 valence electrons. The Bertz CT molecular complexity index is 204. The molecule has 0 saturated heterocycles. The molecule has 0 radical (unpaired) electrons. The predicted molar refractivity (Wildman–Crippen MR) is 64.3 cm³/mol. The van der Waals surface area contributed by atoms with Gasteiger partial charge in [-0.15, -0.1) is 0 Å². The van der Waals surface area contributed by atoms with Gasteiger partial charge in [0.2, 0.25) is 0 Å². The molecule has 0 spiro atoms. The summed E-state index contributed by atoms with van der Waals surface area (Å²) >= 11 is 0. The number of hydrogen-bond donors (Lipinski definition) is 0. The first-order valence-corrected chi connectivity index (χ1v) is 5.60. The lowest BCUT2D eigenvalue weighted by Crippen LogP contribution is -1.70. The fraction of sp³-hybridized carbons (Fsp3) is 0.429. The summed E-state index contributed by atoms with van der Waals surface area (Å²) in [5.74, 6) is 0. The number of allylic oxidation sites excluding steroid dienone is 8. The molecule has 0 atom stereocenters. The van der Waals surface area contributed by atoms with Crippen LogP contribution in [0.3, 0.4) is 0 Å². The van der Waals surface area contributed by atoms with Gasteiger partial charge in [0.25, 0.3) is 0 Å². The van der Waals surface area contributed by atoms with Crippen LogP contribution in [0.2, 0.25) is 0 Å². The van der Waals surface area contributed by atoms with E-state index < -0.39 is 0 Å². The molecule has 1 rings (SSSR count). The van der Waals surface area contributed by atoms with E-state index in [4.69, 9.17) is 0 Å². The van der Waals surface area contributed by atoms with Crippen molar-refractivity contribution in [3.63, 3.8) is 0 Å². The molecule has 14 heavy (non-hydrogen) atoms. The highest BCUT2D eigenvalue weighted by Crippen LogP contribution is 2.01. The Kier molecular flexibility index (Phi) is 6.74. The molecule has 0 bridgehead atoms. The zero-order valence-electron chi connectivity index (χ0n) is 8.86. The fourth-order valence-electron chi connectivity index (χ4n) is 1.40. The molecule has 0 fully saturated rings. The standard InChI is InChI=1S/C14H20/c1-2-4-6-8-10-12-14-13-11-9-7-5-3-1/h1-2,5-8,13-14H,3-4,9-12H2/b2-1+,7-5+,8-6+,14-13?. The summed E-state index contributed by atoms with van der Waals surface area (Å²) in [5, 5.41) is 0.